The minimum Gasteiger partial charge on any atom is -0.378 e. The van der Waals surface area contributed by atoms with E-state index in [9.17, 15) is 8.42 Å². The van der Waals surface area contributed by atoms with E-state index in [1.165, 1.54) is 6.26 Å². The van der Waals surface area contributed by atoms with Crippen molar-refractivity contribution < 1.29 is 17.9 Å². The quantitative estimate of drug-likeness (QED) is 0.576. The number of hydrogen-bond donors (Lipinski definition) is 0. The van der Waals surface area contributed by atoms with E-state index in [4.69, 9.17) is 14.5 Å². The lowest BCUT2D eigenvalue weighted by Gasteiger charge is -2.28. The van der Waals surface area contributed by atoms with Crippen molar-refractivity contribution in [3.63, 3.8) is 0 Å². The van der Waals surface area contributed by atoms with E-state index < -0.39 is 9.84 Å². The van der Waals surface area contributed by atoms with Crippen LogP contribution in [0.15, 0.2) is 30.6 Å². The number of ether oxygens (including phenoxy) is 2. The van der Waals surface area contributed by atoms with Crippen molar-refractivity contribution in [2.75, 3.05) is 44.1 Å². The lowest BCUT2D eigenvalue weighted by molar-refractivity contribution is -0.0383. The third kappa shape index (κ3) is 4.35. The Kier molecular flexibility index (Phi) is 5.83. The van der Waals surface area contributed by atoms with Crippen molar-refractivity contribution in [2.24, 2.45) is 0 Å². The van der Waals surface area contributed by atoms with Gasteiger partial charge in [0, 0.05) is 43.7 Å². The van der Waals surface area contributed by atoms with Gasteiger partial charge >= 0.3 is 0 Å². The van der Waals surface area contributed by atoms with Crippen LogP contribution in [0.2, 0.25) is 0 Å². The SMILES string of the molecule is CS(=O)(=O)Cc1cc(N2CCOCC2)nc2c(-c3ccnn3C3CCCCO3)nccc12. The molecule has 3 aromatic rings. The molecule has 3 aromatic heterocycles. The molecule has 1 atom stereocenters. The molecule has 32 heavy (non-hydrogen) atoms. The van der Waals surface area contributed by atoms with E-state index in [1.807, 2.05) is 22.9 Å². The second-order valence-corrected chi connectivity index (χ2v) is 10.5. The summed E-state index contributed by atoms with van der Waals surface area (Å²) in [4.78, 5) is 11.8. The predicted octanol–water partition coefficient (Wildman–Crippen LogP) is 2.57. The Morgan fingerprint density at radius 3 is 2.72 bits per heavy atom. The second-order valence-electron chi connectivity index (χ2n) is 8.35. The van der Waals surface area contributed by atoms with Crippen LogP contribution < -0.4 is 4.90 Å². The molecule has 170 valence electrons. The van der Waals surface area contributed by atoms with Gasteiger partial charge in [-0.3, -0.25) is 4.98 Å². The van der Waals surface area contributed by atoms with Gasteiger partial charge in [-0.15, -0.1) is 0 Å². The fourth-order valence-electron chi connectivity index (χ4n) is 4.40. The highest BCUT2D eigenvalue weighted by molar-refractivity contribution is 7.89. The van der Waals surface area contributed by atoms with Gasteiger partial charge in [0.1, 0.15) is 17.0 Å². The summed E-state index contributed by atoms with van der Waals surface area (Å²) in [5.41, 5.74) is 2.90. The van der Waals surface area contributed by atoms with E-state index in [0.29, 0.717) is 44.1 Å². The van der Waals surface area contributed by atoms with Gasteiger partial charge in [-0.05, 0) is 43.0 Å². The molecule has 10 heteroatoms. The van der Waals surface area contributed by atoms with E-state index in [2.05, 4.69) is 15.0 Å². The molecular formula is C22H27N5O4S. The van der Waals surface area contributed by atoms with Gasteiger partial charge in [-0.1, -0.05) is 0 Å². The zero-order chi connectivity index (χ0) is 22.1. The molecule has 0 aromatic carbocycles. The summed E-state index contributed by atoms with van der Waals surface area (Å²) >= 11 is 0. The topological polar surface area (TPSA) is 99.4 Å². The molecule has 2 aliphatic rings. The van der Waals surface area contributed by atoms with Crippen molar-refractivity contribution in [1.82, 2.24) is 19.7 Å². The molecule has 0 bridgehead atoms. The molecule has 2 saturated heterocycles. The van der Waals surface area contributed by atoms with Crippen molar-refractivity contribution in [1.29, 1.82) is 0 Å². The first kappa shape index (κ1) is 21.3. The molecule has 2 fully saturated rings. The maximum atomic E-state index is 12.2. The van der Waals surface area contributed by atoms with Crippen LogP contribution in [-0.4, -0.2) is 67.3 Å². The first-order valence-electron chi connectivity index (χ1n) is 10.9. The van der Waals surface area contributed by atoms with Gasteiger partial charge < -0.3 is 14.4 Å². The van der Waals surface area contributed by atoms with Crippen LogP contribution in [0.5, 0.6) is 0 Å². The van der Waals surface area contributed by atoms with E-state index in [-0.39, 0.29) is 12.0 Å². The average molecular weight is 458 g/mol. The molecule has 9 nitrogen and oxygen atoms in total. The van der Waals surface area contributed by atoms with Gasteiger partial charge in [0.15, 0.2) is 16.1 Å². The van der Waals surface area contributed by atoms with Gasteiger partial charge in [0.05, 0.1) is 24.7 Å². The average Bonchev–Trinajstić information content (AvgIpc) is 3.28. The van der Waals surface area contributed by atoms with Crippen molar-refractivity contribution >= 4 is 26.6 Å². The van der Waals surface area contributed by atoms with E-state index >= 15 is 0 Å². The molecule has 0 amide bonds. The number of fused-ring (bicyclic) bond motifs is 1. The summed E-state index contributed by atoms with van der Waals surface area (Å²) in [6.45, 7) is 3.37. The normalized spacial score (nSPS) is 20.0. The number of aromatic nitrogens is 4. The van der Waals surface area contributed by atoms with Gasteiger partial charge in [0.2, 0.25) is 0 Å². The highest BCUT2D eigenvalue weighted by atomic mass is 32.2. The smallest absolute Gasteiger partial charge is 0.151 e. The molecule has 0 spiro atoms. The predicted molar refractivity (Wildman–Crippen MR) is 121 cm³/mol. The van der Waals surface area contributed by atoms with E-state index in [1.54, 1.807) is 12.4 Å². The molecule has 0 saturated carbocycles. The van der Waals surface area contributed by atoms with Crippen LogP contribution >= 0.6 is 0 Å². The maximum absolute atomic E-state index is 12.2. The van der Waals surface area contributed by atoms with Gasteiger partial charge in [0.25, 0.3) is 0 Å². The lowest BCUT2D eigenvalue weighted by atomic mass is 10.1. The standard InChI is InChI=1S/C22H27N5O4S/c1-32(28,29)15-16-14-19(26-9-12-30-13-10-26)25-21-17(16)5-7-23-22(21)18-6-8-24-27(18)20-4-2-3-11-31-20/h5-8,14,20H,2-4,9-13,15H2,1H3. The van der Waals surface area contributed by atoms with Crippen LogP contribution in [-0.2, 0) is 25.1 Å². The minimum atomic E-state index is -3.24. The second kappa shape index (κ2) is 8.76. The Morgan fingerprint density at radius 1 is 1.12 bits per heavy atom. The number of sulfone groups is 1. The zero-order valence-electron chi connectivity index (χ0n) is 18.1. The molecule has 2 aliphatic heterocycles. The molecule has 0 N–H and O–H groups in total. The summed E-state index contributed by atoms with van der Waals surface area (Å²) in [6, 6.07) is 5.65. The van der Waals surface area contributed by atoms with Crippen molar-refractivity contribution in [3.05, 3.63) is 36.2 Å². The number of hydrogen-bond acceptors (Lipinski definition) is 8. The Morgan fingerprint density at radius 2 is 1.97 bits per heavy atom. The van der Waals surface area contributed by atoms with E-state index in [0.717, 1.165) is 41.7 Å². The molecule has 0 radical (unpaired) electrons. The summed E-state index contributed by atoms with van der Waals surface area (Å²) in [6.07, 6.45) is 7.61. The van der Waals surface area contributed by atoms with Gasteiger partial charge in [-0.25, -0.2) is 18.1 Å². The van der Waals surface area contributed by atoms with Crippen LogP contribution in [0, 0.1) is 0 Å². The zero-order valence-corrected chi connectivity index (χ0v) is 18.9. The first-order valence-corrected chi connectivity index (χ1v) is 13.0. The molecule has 5 rings (SSSR count). The number of nitrogens with zero attached hydrogens (tertiary/aromatic N) is 5. The van der Waals surface area contributed by atoms with Crippen LogP contribution in [0.1, 0.15) is 31.1 Å². The first-order chi connectivity index (χ1) is 15.5. The van der Waals surface area contributed by atoms with Crippen LogP contribution in [0.3, 0.4) is 0 Å². The Hall–Kier alpha value is -2.56. The largest absolute Gasteiger partial charge is 0.378 e. The highest BCUT2D eigenvalue weighted by Crippen LogP contribution is 2.33. The molecular weight excluding hydrogens is 430 g/mol. The fraction of sp³-hybridized carbons (Fsp3) is 0.500. The highest BCUT2D eigenvalue weighted by Gasteiger charge is 2.24. The maximum Gasteiger partial charge on any atom is 0.151 e. The fourth-order valence-corrected chi connectivity index (χ4v) is 5.20. The minimum absolute atomic E-state index is 0.0577. The van der Waals surface area contributed by atoms with Crippen molar-refractivity contribution in [3.8, 4) is 11.4 Å². The molecule has 5 heterocycles. The summed E-state index contributed by atoms with van der Waals surface area (Å²) < 4.78 is 37.7. The Labute approximate surface area is 187 Å². The van der Waals surface area contributed by atoms with Gasteiger partial charge in [-0.2, -0.15) is 5.10 Å². The van der Waals surface area contributed by atoms with Crippen LogP contribution in [0.4, 0.5) is 5.82 Å². The Bertz CT molecular complexity index is 1210. The summed E-state index contributed by atoms with van der Waals surface area (Å²) in [5.74, 6) is 0.686. The van der Waals surface area contributed by atoms with Crippen molar-refractivity contribution in [2.45, 2.75) is 31.2 Å². The third-order valence-corrected chi connectivity index (χ3v) is 6.73. The number of pyridine rings is 2. The monoisotopic (exact) mass is 457 g/mol. The summed E-state index contributed by atoms with van der Waals surface area (Å²) in [7, 11) is -3.24. The molecule has 0 aliphatic carbocycles. The third-order valence-electron chi connectivity index (χ3n) is 5.89. The lowest BCUT2D eigenvalue weighted by Crippen LogP contribution is -2.36. The summed E-state index contributed by atoms with van der Waals surface area (Å²) in [5, 5.41) is 5.31. The number of anilines is 1. The van der Waals surface area contributed by atoms with Crippen LogP contribution in [0.25, 0.3) is 22.3 Å². The number of rotatable bonds is 5. The molecule has 1 unspecified atom stereocenters. The Balaban J connectivity index is 1.67. The number of morpholine rings is 1.